The van der Waals surface area contributed by atoms with Gasteiger partial charge in [-0.05, 0) is 37.5 Å². The zero-order valence-electron chi connectivity index (χ0n) is 11.4. The molecule has 108 valence electrons. The molecular formula is C15H18ClNO3. The third-order valence-corrected chi connectivity index (χ3v) is 4.27. The Labute approximate surface area is 123 Å². The Morgan fingerprint density at radius 2 is 1.90 bits per heavy atom. The summed E-state index contributed by atoms with van der Waals surface area (Å²) in [5, 5.41) is 12.6. The normalized spacial score (nSPS) is 22.3. The van der Waals surface area contributed by atoms with Gasteiger partial charge in [-0.15, -0.1) is 0 Å². The fraction of sp³-hybridized carbons (Fsp3) is 0.467. The quantitative estimate of drug-likeness (QED) is 0.897. The van der Waals surface area contributed by atoms with Gasteiger partial charge in [0.25, 0.3) is 0 Å². The van der Waals surface area contributed by atoms with Gasteiger partial charge < -0.3 is 10.4 Å². The van der Waals surface area contributed by atoms with E-state index in [2.05, 4.69) is 5.32 Å². The van der Waals surface area contributed by atoms with Gasteiger partial charge in [0.1, 0.15) is 0 Å². The fourth-order valence-corrected chi connectivity index (χ4v) is 2.83. The zero-order valence-corrected chi connectivity index (χ0v) is 12.1. The average Bonchev–Trinajstić information content (AvgIpc) is 2.43. The van der Waals surface area contributed by atoms with Gasteiger partial charge in [-0.25, -0.2) is 0 Å². The molecule has 5 heteroatoms. The molecule has 4 nitrogen and oxygen atoms in total. The highest BCUT2D eigenvalue weighted by Gasteiger charge is 2.35. The number of carbonyl (C=O) groups excluding carboxylic acids is 1. The van der Waals surface area contributed by atoms with Crippen LogP contribution < -0.4 is 5.32 Å². The number of benzene rings is 1. The van der Waals surface area contributed by atoms with Crippen molar-refractivity contribution in [2.75, 3.05) is 5.32 Å². The van der Waals surface area contributed by atoms with Crippen LogP contribution in [0.5, 0.6) is 0 Å². The van der Waals surface area contributed by atoms with Gasteiger partial charge in [0.2, 0.25) is 5.91 Å². The molecule has 1 aliphatic carbocycles. The molecule has 0 aromatic heterocycles. The number of anilines is 1. The average molecular weight is 296 g/mol. The summed E-state index contributed by atoms with van der Waals surface area (Å²) >= 11 is 6.02. The Hall–Kier alpha value is -1.55. The molecule has 0 bridgehead atoms. The van der Waals surface area contributed by atoms with E-state index < -0.39 is 17.8 Å². The van der Waals surface area contributed by atoms with E-state index in [4.69, 9.17) is 11.6 Å². The first-order valence-electron chi connectivity index (χ1n) is 6.79. The Kier molecular flexibility index (Phi) is 4.65. The number of hydrogen-bond donors (Lipinski definition) is 2. The van der Waals surface area contributed by atoms with Crippen molar-refractivity contribution in [1.29, 1.82) is 0 Å². The molecule has 0 unspecified atom stereocenters. The van der Waals surface area contributed by atoms with Crippen molar-refractivity contribution in [1.82, 2.24) is 0 Å². The first kappa shape index (κ1) is 14.9. The van der Waals surface area contributed by atoms with Gasteiger partial charge >= 0.3 is 5.97 Å². The van der Waals surface area contributed by atoms with Gasteiger partial charge in [-0.1, -0.05) is 30.5 Å². The van der Waals surface area contributed by atoms with Crippen molar-refractivity contribution < 1.29 is 14.7 Å². The third kappa shape index (κ3) is 3.31. The molecule has 0 heterocycles. The van der Waals surface area contributed by atoms with Crippen molar-refractivity contribution in [3.63, 3.8) is 0 Å². The number of carboxylic acid groups (broad SMARTS) is 1. The standard InChI is InChI=1S/C15H18ClNO3/c1-9-6-7-10(8-13(9)16)17-14(18)11-4-2-3-5-12(11)15(19)20/h6-8,11-12H,2-5H2,1H3,(H,17,18)(H,19,20)/t11-,12+/m1/s1. The molecule has 1 saturated carbocycles. The Bertz CT molecular complexity index is 530. The van der Waals surface area contributed by atoms with Gasteiger partial charge in [-0.2, -0.15) is 0 Å². The van der Waals surface area contributed by atoms with Gasteiger partial charge in [-0.3, -0.25) is 9.59 Å². The molecule has 1 fully saturated rings. The van der Waals surface area contributed by atoms with Gasteiger partial charge in [0.15, 0.2) is 0 Å². The Balaban J connectivity index is 2.09. The van der Waals surface area contributed by atoms with Crippen LogP contribution in [-0.4, -0.2) is 17.0 Å². The highest BCUT2D eigenvalue weighted by atomic mass is 35.5. The van der Waals surface area contributed by atoms with Crippen LogP contribution >= 0.6 is 11.6 Å². The largest absolute Gasteiger partial charge is 0.481 e. The minimum absolute atomic E-state index is 0.225. The SMILES string of the molecule is Cc1ccc(NC(=O)[C@@H]2CCCC[C@@H]2C(=O)O)cc1Cl. The van der Waals surface area contributed by atoms with E-state index in [9.17, 15) is 14.7 Å². The van der Waals surface area contributed by atoms with Gasteiger partial charge in [0.05, 0.1) is 11.8 Å². The number of nitrogens with one attached hydrogen (secondary N) is 1. The van der Waals surface area contributed by atoms with Gasteiger partial charge in [0, 0.05) is 10.7 Å². The van der Waals surface area contributed by atoms with E-state index in [1.807, 2.05) is 13.0 Å². The topological polar surface area (TPSA) is 66.4 Å². The van der Waals surface area contributed by atoms with E-state index >= 15 is 0 Å². The minimum Gasteiger partial charge on any atom is -0.481 e. The summed E-state index contributed by atoms with van der Waals surface area (Å²) in [5.41, 5.74) is 1.55. The zero-order chi connectivity index (χ0) is 14.7. The van der Waals surface area contributed by atoms with Crippen LogP contribution in [0, 0.1) is 18.8 Å². The van der Waals surface area contributed by atoms with Crippen molar-refractivity contribution >= 4 is 29.2 Å². The molecule has 1 aromatic carbocycles. The van der Waals surface area contributed by atoms with E-state index in [1.165, 1.54) is 0 Å². The number of rotatable bonds is 3. The summed E-state index contributed by atoms with van der Waals surface area (Å²) in [6.07, 6.45) is 2.97. The van der Waals surface area contributed by atoms with E-state index in [1.54, 1.807) is 12.1 Å². The van der Waals surface area contributed by atoms with Crippen LogP contribution in [0.4, 0.5) is 5.69 Å². The summed E-state index contributed by atoms with van der Waals surface area (Å²) < 4.78 is 0. The molecule has 2 rings (SSSR count). The maximum Gasteiger partial charge on any atom is 0.307 e. The molecule has 2 N–H and O–H groups in total. The highest BCUT2D eigenvalue weighted by molar-refractivity contribution is 6.31. The predicted molar refractivity (Wildman–Crippen MR) is 77.9 cm³/mol. The molecule has 0 aliphatic heterocycles. The van der Waals surface area contributed by atoms with E-state index in [0.717, 1.165) is 18.4 Å². The second kappa shape index (κ2) is 6.27. The summed E-state index contributed by atoms with van der Waals surface area (Å²) in [4.78, 5) is 23.5. The number of carboxylic acids is 1. The lowest BCUT2D eigenvalue weighted by molar-refractivity contribution is -0.147. The predicted octanol–water partition coefficient (Wildman–Crippen LogP) is 3.48. The first-order valence-corrected chi connectivity index (χ1v) is 7.16. The third-order valence-electron chi connectivity index (χ3n) is 3.86. The van der Waals surface area contributed by atoms with Crippen LogP contribution in [0.1, 0.15) is 31.2 Å². The molecule has 1 aromatic rings. The Morgan fingerprint density at radius 3 is 2.50 bits per heavy atom. The first-order chi connectivity index (χ1) is 9.49. The van der Waals surface area contributed by atoms with Crippen molar-refractivity contribution in [2.45, 2.75) is 32.6 Å². The minimum atomic E-state index is -0.883. The summed E-state index contributed by atoms with van der Waals surface area (Å²) in [7, 11) is 0. The second-order valence-corrected chi connectivity index (χ2v) is 5.70. The number of aryl methyl sites for hydroxylation is 1. The summed E-state index contributed by atoms with van der Waals surface area (Å²) in [6.45, 7) is 1.88. The van der Waals surface area contributed by atoms with Crippen LogP contribution in [0.2, 0.25) is 5.02 Å². The fourth-order valence-electron chi connectivity index (χ4n) is 2.65. The number of carbonyl (C=O) groups is 2. The molecule has 0 radical (unpaired) electrons. The molecule has 0 saturated heterocycles. The Morgan fingerprint density at radius 1 is 1.25 bits per heavy atom. The van der Waals surface area contributed by atoms with Crippen molar-refractivity contribution in [2.24, 2.45) is 11.8 Å². The van der Waals surface area contributed by atoms with Crippen LogP contribution in [0.15, 0.2) is 18.2 Å². The molecule has 2 atom stereocenters. The lowest BCUT2D eigenvalue weighted by atomic mass is 9.78. The maximum atomic E-state index is 12.3. The molecule has 1 aliphatic rings. The molecule has 0 spiro atoms. The van der Waals surface area contributed by atoms with Crippen molar-refractivity contribution in [3.05, 3.63) is 28.8 Å². The molecule has 20 heavy (non-hydrogen) atoms. The lowest BCUT2D eigenvalue weighted by Gasteiger charge is -2.27. The second-order valence-electron chi connectivity index (χ2n) is 5.29. The lowest BCUT2D eigenvalue weighted by Crippen LogP contribution is -2.36. The monoisotopic (exact) mass is 295 g/mol. The van der Waals surface area contributed by atoms with E-state index in [-0.39, 0.29) is 5.91 Å². The number of halogens is 1. The summed E-state index contributed by atoms with van der Waals surface area (Å²) in [6, 6.07) is 5.29. The van der Waals surface area contributed by atoms with Crippen LogP contribution in [0.3, 0.4) is 0 Å². The van der Waals surface area contributed by atoms with Crippen LogP contribution in [-0.2, 0) is 9.59 Å². The maximum absolute atomic E-state index is 12.3. The highest BCUT2D eigenvalue weighted by Crippen LogP contribution is 2.31. The molecule has 1 amide bonds. The molecular weight excluding hydrogens is 278 g/mol. The number of aliphatic carboxylic acids is 1. The van der Waals surface area contributed by atoms with E-state index in [0.29, 0.717) is 23.6 Å². The number of hydrogen-bond acceptors (Lipinski definition) is 2. The van der Waals surface area contributed by atoms with Crippen LogP contribution in [0.25, 0.3) is 0 Å². The smallest absolute Gasteiger partial charge is 0.307 e. The summed E-state index contributed by atoms with van der Waals surface area (Å²) in [5.74, 6) is -2.14. The van der Waals surface area contributed by atoms with Crippen molar-refractivity contribution in [3.8, 4) is 0 Å². The number of amides is 1.